The van der Waals surface area contributed by atoms with Gasteiger partial charge in [0.15, 0.2) is 0 Å². The minimum absolute atomic E-state index is 0.179. The van der Waals surface area contributed by atoms with Crippen molar-refractivity contribution in [2.45, 2.75) is 82.5 Å². The Hall–Kier alpha value is -3.79. The van der Waals surface area contributed by atoms with Crippen molar-refractivity contribution in [3.8, 4) is 0 Å². The Labute approximate surface area is 240 Å². The summed E-state index contributed by atoms with van der Waals surface area (Å²) in [6.45, 7) is 3.46. The molecule has 0 bridgehead atoms. The fourth-order valence-corrected chi connectivity index (χ4v) is 6.30. The number of nitrogens with one attached hydrogen (secondary N) is 1. The van der Waals surface area contributed by atoms with Crippen LogP contribution in [-0.4, -0.2) is 68.5 Å². The van der Waals surface area contributed by atoms with Gasteiger partial charge in [0.05, 0.1) is 25.0 Å². The first kappa shape index (κ1) is 28.7. The number of aromatic nitrogens is 3. The molecule has 1 unspecified atom stereocenters. The lowest BCUT2D eigenvalue weighted by atomic mass is 9.84. The van der Waals surface area contributed by atoms with Gasteiger partial charge in [-0.05, 0) is 49.1 Å². The molecule has 2 aromatic carbocycles. The van der Waals surface area contributed by atoms with Crippen LogP contribution in [0.5, 0.6) is 0 Å². The molecular weight excluding hydrogens is 522 g/mol. The van der Waals surface area contributed by atoms with E-state index in [1.54, 1.807) is 24.6 Å². The molecule has 1 saturated heterocycles. The van der Waals surface area contributed by atoms with Crippen LogP contribution in [0.2, 0.25) is 0 Å². The number of ether oxygens (including phenoxy) is 1. The minimum atomic E-state index is -1.21. The van der Waals surface area contributed by atoms with Crippen LogP contribution < -0.4 is 5.32 Å². The number of nitrogens with zero attached hydrogens (tertiary/aromatic N) is 4. The highest BCUT2D eigenvalue weighted by Gasteiger charge is 2.45. The molecule has 10 heteroatoms. The highest BCUT2D eigenvalue weighted by atomic mass is 16.5. The molecule has 1 saturated carbocycles. The molecule has 2 N–H and O–H groups in total. The molecule has 5 rings (SSSR count). The second-order valence-electron chi connectivity index (χ2n) is 11.9. The number of carbonyl (C=O) groups excluding carboxylic acids is 3. The number of esters is 1. The van der Waals surface area contributed by atoms with Crippen molar-refractivity contribution in [1.82, 2.24) is 25.2 Å². The summed E-state index contributed by atoms with van der Waals surface area (Å²) in [5.74, 6) is -0.854. The molecule has 2 aliphatic rings. The first-order valence-corrected chi connectivity index (χ1v) is 14.5. The van der Waals surface area contributed by atoms with Gasteiger partial charge in [-0.15, -0.1) is 5.10 Å². The number of hydrogen-bond donors (Lipinski definition) is 2. The van der Waals surface area contributed by atoms with Gasteiger partial charge in [0.1, 0.15) is 17.7 Å². The monoisotopic (exact) mass is 561 g/mol. The van der Waals surface area contributed by atoms with E-state index in [2.05, 4.69) is 15.6 Å². The Kier molecular flexibility index (Phi) is 8.40. The zero-order valence-electron chi connectivity index (χ0n) is 24.0. The van der Waals surface area contributed by atoms with Gasteiger partial charge in [-0.3, -0.25) is 9.59 Å². The van der Waals surface area contributed by atoms with Crippen molar-refractivity contribution in [1.29, 1.82) is 0 Å². The van der Waals surface area contributed by atoms with Gasteiger partial charge in [-0.1, -0.05) is 67.6 Å². The first-order chi connectivity index (χ1) is 19.7. The zero-order chi connectivity index (χ0) is 29.1. The average Bonchev–Trinajstić information content (AvgIpc) is 3.64. The van der Waals surface area contributed by atoms with Crippen LogP contribution in [0.4, 0.5) is 0 Å². The molecule has 2 heterocycles. The van der Waals surface area contributed by atoms with E-state index in [9.17, 15) is 19.5 Å². The molecular formula is C31H39N5O5. The smallest absolute Gasteiger partial charge is 0.328 e. The van der Waals surface area contributed by atoms with Crippen LogP contribution in [0.15, 0.2) is 48.7 Å². The number of hydrogen-bond acceptors (Lipinski definition) is 7. The van der Waals surface area contributed by atoms with Crippen LogP contribution in [0.25, 0.3) is 10.8 Å². The molecule has 41 heavy (non-hydrogen) atoms. The Morgan fingerprint density at radius 3 is 2.54 bits per heavy atom. The Bertz CT molecular complexity index is 1410. The minimum Gasteiger partial charge on any atom is -0.467 e. The lowest BCUT2D eigenvalue weighted by Gasteiger charge is -2.31. The molecule has 0 radical (unpaired) electrons. The van der Waals surface area contributed by atoms with Crippen molar-refractivity contribution < 1.29 is 24.2 Å². The average molecular weight is 562 g/mol. The lowest BCUT2D eigenvalue weighted by Crippen LogP contribution is -2.52. The van der Waals surface area contributed by atoms with Crippen molar-refractivity contribution >= 4 is 28.6 Å². The third kappa shape index (κ3) is 6.27. The molecule has 1 aliphatic carbocycles. The van der Waals surface area contributed by atoms with Crippen molar-refractivity contribution in [3.63, 3.8) is 0 Å². The summed E-state index contributed by atoms with van der Waals surface area (Å²) in [7, 11) is 1.30. The van der Waals surface area contributed by atoms with Gasteiger partial charge >= 0.3 is 5.97 Å². The Morgan fingerprint density at radius 2 is 1.83 bits per heavy atom. The normalized spacial score (nSPS) is 20.6. The maximum absolute atomic E-state index is 14.2. The van der Waals surface area contributed by atoms with E-state index in [1.807, 2.05) is 36.4 Å². The summed E-state index contributed by atoms with van der Waals surface area (Å²) in [4.78, 5) is 42.2. The predicted molar refractivity (Wildman–Crippen MR) is 153 cm³/mol. The summed E-state index contributed by atoms with van der Waals surface area (Å²) < 4.78 is 6.67. The van der Waals surface area contributed by atoms with Gasteiger partial charge in [0.25, 0.3) is 5.91 Å². The molecule has 1 aliphatic heterocycles. The first-order valence-electron chi connectivity index (χ1n) is 14.5. The van der Waals surface area contributed by atoms with E-state index in [-0.39, 0.29) is 24.8 Å². The number of aliphatic hydroxyl groups is 1. The maximum atomic E-state index is 14.2. The van der Waals surface area contributed by atoms with Gasteiger partial charge in [0.2, 0.25) is 5.91 Å². The fourth-order valence-electron chi connectivity index (χ4n) is 6.30. The van der Waals surface area contributed by atoms with Crippen LogP contribution in [-0.2, 0) is 19.9 Å². The topological polar surface area (TPSA) is 127 Å². The van der Waals surface area contributed by atoms with E-state index in [4.69, 9.17) is 4.74 Å². The van der Waals surface area contributed by atoms with Crippen LogP contribution >= 0.6 is 0 Å². The standard InChI is InChI=1S/C31H39N5O5/c1-31(2,40)27-18-32-34-36(27)24-17-26(30(39)41-3)35(19-24)29(38)25(15-20-9-5-4-6-10-20)33-28(37)23-14-13-21-11-7-8-12-22(21)16-23/h7-8,11-14,16,18,20,24-26,40H,4-6,9-10,15,17,19H2,1-3H3,(H,33,37)/t24-,25?,26-/m0/s1. The largest absolute Gasteiger partial charge is 0.467 e. The second-order valence-corrected chi connectivity index (χ2v) is 11.9. The van der Waals surface area contributed by atoms with Gasteiger partial charge in [-0.2, -0.15) is 0 Å². The van der Waals surface area contributed by atoms with E-state index in [1.165, 1.54) is 24.6 Å². The number of likely N-dealkylation sites (tertiary alicyclic amines) is 1. The summed E-state index contributed by atoms with van der Waals surface area (Å²) in [6.07, 6.45) is 7.66. The van der Waals surface area contributed by atoms with E-state index in [0.29, 0.717) is 23.6 Å². The van der Waals surface area contributed by atoms with Crippen LogP contribution in [0, 0.1) is 5.92 Å². The van der Waals surface area contributed by atoms with Crippen LogP contribution in [0.3, 0.4) is 0 Å². The molecule has 2 fully saturated rings. The fraction of sp³-hybridized carbons (Fsp3) is 0.516. The molecule has 218 valence electrons. The third-order valence-corrected chi connectivity index (χ3v) is 8.49. The zero-order valence-corrected chi connectivity index (χ0v) is 24.0. The molecule has 10 nitrogen and oxygen atoms in total. The van der Waals surface area contributed by atoms with Crippen LogP contribution in [0.1, 0.15) is 80.9 Å². The van der Waals surface area contributed by atoms with E-state index < -0.39 is 29.7 Å². The van der Waals surface area contributed by atoms with Gasteiger partial charge < -0.3 is 20.1 Å². The maximum Gasteiger partial charge on any atom is 0.328 e. The van der Waals surface area contributed by atoms with E-state index in [0.717, 1.165) is 36.5 Å². The number of methoxy groups -OCH3 is 1. The molecule has 3 atom stereocenters. The van der Waals surface area contributed by atoms with Crippen molar-refractivity contribution in [2.24, 2.45) is 5.92 Å². The second kappa shape index (κ2) is 12.0. The summed E-state index contributed by atoms with van der Waals surface area (Å²) in [5, 5.41) is 23.8. The number of fused-ring (bicyclic) bond motifs is 1. The predicted octanol–water partition coefficient (Wildman–Crippen LogP) is 3.74. The molecule has 3 aromatic rings. The quantitative estimate of drug-likeness (QED) is 0.401. The summed E-state index contributed by atoms with van der Waals surface area (Å²) in [5.41, 5.74) is -0.242. The highest BCUT2D eigenvalue weighted by Crippen LogP contribution is 2.33. The summed E-state index contributed by atoms with van der Waals surface area (Å²) in [6, 6.07) is 11.3. The number of carbonyl (C=O) groups is 3. The SMILES string of the molecule is COC(=O)[C@@H]1C[C@H](n2nncc2C(C)(C)O)CN1C(=O)C(CC1CCCCC1)NC(=O)c1ccc2ccccc2c1. The number of amides is 2. The van der Waals surface area contributed by atoms with Gasteiger partial charge in [0, 0.05) is 18.5 Å². The number of rotatable bonds is 8. The third-order valence-electron chi connectivity index (χ3n) is 8.49. The highest BCUT2D eigenvalue weighted by molar-refractivity contribution is 6.01. The Morgan fingerprint density at radius 1 is 1.10 bits per heavy atom. The van der Waals surface area contributed by atoms with E-state index >= 15 is 0 Å². The van der Waals surface area contributed by atoms with Crippen molar-refractivity contribution in [2.75, 3.05) is 13.7 Å². The molecule has 1 aromatic heterocycles. The van der Waals surface area contributed by atoms with Gasteiger partial charge in [-0.25, -0.2) is 9.48 Å². The van der Waals surface area contributed by atoms with Crippen molar-refractivity contribution in [3.05, 3.63) is 59.9 Å². The molecule has 0 spiro atoms. The Balaban J connectivity index is 1.42. The number of benzene rings is 2. The molecule has 2 amide bonds. The lowest BCUT2D eigenvalue weighted by molar-refractivity contribution is -0.151. The summed E-state index contributed by atoms with van der Waals surface area (Å²) >= 11 is 0.